The maximum Gasteiger partial charge on any atom is 0.274 e. The lowest BCUT2D eigenvalue weighted by Crippen LogP contribution is -2.24. The smallest absolute Gasteiger partial charge is 0.274 e. The van der Waals surface area contributed by atoms with Gasteiger partial charge in [0.25, 0.3) is 5.91 Å². The van der Waals surface area contributed by atoms with Crippen molar-refractivity contribution in [1.29, 1.82) is 0 Å². The molecule has 0 atom stereocenters. The van der Waals surface area contributed by atoms with Crippen LogP contribution in [0.1, 0.15) is 28.7 Å². The first-order chi connectivity index (χ1) is 13.5. The zero-order valence-electron chi connectivity index (χ0n) is 15.2. The summed E-state index contributed by atoms with van der Waals surface area (Å²) in [5.41, 5.74) is 1.08. The molecule has 3 aromatic rings. The fourth-order valence-corrected chi connectivity index (χ4v) is 2.43. The van der Waals surface area contributed by atoms with E-state index in [1.807, 2.05) is 6.92 Å². The summed E-state index contributed by atoms with van der Waals surface area (Å²) >= 11 is 0. The Morgan fingerprint density at radius 3 is 2.71 bits per heavy atom. The fourth-order valence-electron chi connectivity index (χ4n) is 2.43. The molecule has 3 rings (SSSR count). The van der Waals surface area contributed by atoms with Crippen LogP contribution in [-0.4, -0.2) is 21.6 Å². The average Bonchev–Trinajstić information content (AvgIpc) is 3.35. The van der Waals surface area contributed by atoms with Gasteiger partial charge in [-0.3, -0.25) is 14.3 Å². The number of halogens is 1. The second-order valence-electron chi connectivity index (χ2n) is 5.88. The number of aromatic nitrogens is 2. The van der Waals surface area contributed by atoms with Crippen LogP contribution in [0, 0.1) is 5.82 Å². The molecule has 7 nitrogen and oxygen atoms in total. The monoisotopic (exact) mass is 382 g/mol. The van der Waals surface area contributed by atoms with Gasteiger partial charge >= 0.3 is 0 Å². The maximum atomic E-state index is 12.9. The number of hydrogen-bond acceptors (Lipinski definition) is 4. The molecule has 28 heavy (non-hydrogen) atoms. The summed E-state index contributed by atoms with van der Waals surface area (Å²) in [7, 11) is 0. The molecule has 0 bridgehead atoms. The van der Waals surface area contributed by atoms with Crippen LogP contribution >= 0.6 is 0 Å². The molecule has 2 aromatic heterocycles. The molecule has 8 heteroatoms. The molecular formula is C20H19FN4O3. The van der Waals surface area contributed by atoms with Crippen molar-refractivity contribution in [3.63, 3.8) is 0 Å². The summed E-state index contributed by atoms with van der Waals surface area (Å²) in [5.74, 6) is -0.601. The Bertz CT molecular complexity index is 976. The van der Waals surface area contributed by atoms with E-state index in [0.29, 0.717) is 23.6 Å². The first kappa shape index (κ1) is 19.1. The summed E-state index contributed by atoms with van der Waals surface area (Å²) < 4.78 is 19.7. The predicted molar refractivity (Wildman–Crippen MR) is 102 cm³/mol. The summed E-state index contributed by atoms with van der Waals surface area (Å²) in [6.07, 6.45) is 5.97. The quantitative estimate of drug-likeness (QED) is 0.614. The molecule has 0 aliphatic rings. The summed E-state index contributed by atoms with van der Waals surface area (Å²) in [5, 5.41) is 9.56. The van der Waals surface area contributed by atoms with Gasteiger partial charge in [0, 0.05) is 18.8 Å². The van der Waals surface area contributed by atoms with Crippen LogP contribution in [-0.2, 0) is 17.9 Å². The molecule has 0 aliphatic carbocycles. The summed E-state index contributed by atoms with van der Waals surface area (Å²) in [6.45, 7) is 2.62. The minimum absolute atomic E-state index is 0.108. The van der Waals surface area contributed by atoms with Crippen molar-refractivity contribution in [2.75, 3.05) is 5.32 Å². The molecule has 2 N–H and O–H groups in total. The second kappa shape index (κ2) is 8.81. The lowest BCUT2D eigenvalue weighted by atomic mass is 10.2. The zero-order chi connectivity index (χ0) is 19.9. The minimum Gasteiger partial charge on any atom is -0.467 e. The maximum absolute atomic E-state index is 12.9. The molecule has 2 amide bonds. The minimum atomic E-state index is -0.430. The highest BCUT2D eigenvalue weighted by atomic mass is 19.1. The largest absolute Gasteiger partial charge is 0.467 e. The average molecular weight is 382 g/mol. The number of amides is 2. The van der Waals surface area contributed by atoms with E-state index in [1.54, 1.807) is 41.2 Å². The number of nitrogens with one attached hydrogen (secondary N) is 2. The number of carbonyl (C=O) groups excluding carboxylic acids is 2. The lowest BCUT2D eigenvalue weighted by molar-refractivity contribution is -0.111. The van der Waals surface area contributed by atoms with Crippen LogP contribution in [0.25, 0.3) is 6.08 Å². The van der Waals surface area contributed by atoms with Gasteiger partial charge in [0.1, 0.15) is 11.6 Å². The number of nitrogens with zero attached hydrogens (tertiary/aromatic N) is 2. The van der Waals surface area contributed by atoms with Crippen molar-refractivity contribution in [2.24, 2.45) is 0 Å². The van der Waals surface area contributed by atoms with E-state index in [4.69, 9.17) is 4.42 Å². The Morgan fingerprint density at radius 1 is 1.25 bits per heavy atom. The van der Waals surface area contributed by atoms with Crippen LogP contribution in [0.4, 0.5) is 10.1 Å². The molecule has 0 saturated carbocycles. The standard InChI is InChI=1S/C20H19FN4O3/c1-2-25-13-17(19(24-25)20(27)22-12-16-4-3-11-28-16)23-18(26)10-7-14-5-8-15(21)9-6-14/h3-11,13H,2,12H2,1H3,(H,22,27)(H,23,26)/b10-7+. The third-order valence-corrected chi connectivity index (χ3v) is 3.86. The van der Waals surface area contributed by atoms with E-state index in [2.05, 4.69) is 15.7 Å². The molecule has 2 heterocycles. The first-order valence-corrected chi connectivity index (χ1v) is 8.68. The molecule has 144 valence electrons. The van der Waals surface area contributed by atoms with Crippen molar-refractivity contribution in [1.82, 2.24) is 15.1 Å². The third kappa shape index (κ3) is 4.94. The number of carbonyl (C=O) groups is 2. The first-order valence-electron chi connectivity index (χ1n) is 8.68. The fraction of sp³-hybridized carbons (Fsp3) is 0.150. The van der Waals surface area contributed by atoms with Crippen molar-refractivity contribution >= 4 is 23.6 Å². The molecule has 0 spiro atoms. The van der Waals surface area contributed by atoms with Gasteiger partial charge in [-0.15, -0.1) is 0 Å². The van der Waals surface area contributed by atoms with Crippen molar-refractivity contribution < 1.29 is 18.4 Å². The second-order valence-corrected chi connectivity index (χ2v) is 5.88. The number of hydrogen-bond donors (Lipinski definition) is 2. The van der Waals surface area contributed by atoms with Crippen LogP contribution < -0.4 is 10.6 Å². The van der Waals surface area contributed by atoms with E-state index in [0.717, 1.165) is 0 Å². The van der Waals surface area contributed by atoms with Gasteiger partial charge in [0.2, 0.25) is 5.91 Å². The number of anilines is 1. The van der Waals surface area contributed by atoms with E-state index in [-0.39, 0.29) is 18.1 Å². The number of aryl methyl sites for hydroxylation is 1. The molecule has 0 aliphatic heterocycles. The molecular weight excluding hydrogens is 363 g/mol. The normalized spacial score (nSPS) is 10.9. The third-order valence-electron chi connectivity index (χ3n) is 3.86. The van der Waals surface area contributed by atoms with Crippen molar-refractivity contribution in [3.8, 4) is 0 Å². The van der Waals surface area contributed by atoms with Gasteiger partial charge < -0.3 is 15.1 Å². The molecule has 0 unspecified atom stereocenters. The van der Waals surface area contributed by atoms with Crippen LogP contribution in [0.2, 0.25) is 0 Å². The number of furan rings is 1. The highest BCUT2D eigenvalue weighted by Gasteiger charge is 2.18. The summed E-state index contributed by atoms with van der Waals surface area (Å²) in [4.78, 5) is 24.7. The molecule has 0 saturated heterocycles. The van der Waals surface area contributed by atoms with Crippen molar-refractivity contribution in [3.05, 3.63) is 77.8 Å². The van der Waals surface area contributed by atoms with Gasteiger partial charge in [0.15, 0.2) is 5.69 Å². The SMILES string of the molecule is CCn1cc(NC(=O)/C=C/c2ccc(F)cc2)c(C(=O)NCc2ccco2)n1. The van der Waals surface area contributed by atoms with Gasteiger partial charge in [-0.1, -0.05) is 12.1 Å². The van der Waals surface area contributed by atoms with E-state index < -0.39 is 11.8 Å². The molecule has 1 aromatic carbocycles. The van der Waals surface area contributed by atoms with E-state index >= 15 is 0 Å². The Balaban J connectivity index is 1.68. The summed E-state index contributed by atoms with van der Waals surface area (Å²) in [6, 6.07) is 9.21. The number of benzene rings is 1. The van der Waals surface area contributed by atoms with Crippen molar-refractivity contribution in [2.45, 2.75) is 20.0 Å². The van der Waals surface area contributed by atoms with Gasteiger partial charge in [-0.05, 0) is 42.8 Å². The number of rotatable bonds is 7. The van der Waals surface area contributed by atoms with Crippen LogP contribution in [0.15, 0.2) is 59.4 Å². The van der Waals surface area contributed by atoms with E-state index in [9.17, 15) is 14.0 Å². The predicted octanol–water partition coefficient (Wildman–Crippen LogP) is 3.22. The van der Waals surface area contributed by atoms with E-state index in [1.165, 1.54) is 24.5 Å². The lowest BCUT2D eigenvalue weighted by Gasteiger charge is -2.04. The van der Waals surface area contributed by atoms with Gasteiger partial charge in [-0.25, -0.2) is 4.39 Å². The topological polar surface area (TPSA) is 89.2 Å². The molecule has 0 radical (unpaired) electrons. The van der Waals surface area contributed by atoms with Gasteiger partial charge in [0.05, 0.1) is 18.5 Å². The van der Waals surface area contributed by atoms with Crippen LogP contribution in [0.3, 0.4) is 0 Å². The highest BCUT2D eigenvalue weighted by Crippen LogP contribution is 2.15. The van der Waals surface area contributed by atoms with Gasteiger partial charge in [-0.2, -0.15) is 5.10 Å². The Kier molecular flexibility index (Phi) is 6.01. The molecule has 0 fully saturated rings. The Labute approximate surface area is 160 Å². The van der Waals surface area contributed by atoms with Crippen LogP contribution in [0.5, 0.6) is 0 Å². The Hall–Kier alpha value is -3.68. The zero-order valence-corrected chi connectivity index (χ0v) is 15.2. The highest BCUT2D eigenvalue weighted by molar-refractivity contribution is 6.06. The Morgan fingerprint density at radius 2 is 2.04 bits per heavy atom.